The molecule has 0 bridgehead atoms. The summed E-state index contributed by atoms with van der Waals surface area (Å²) in [5.41, 5.74) is 1.96. The average molecular weight is 350 g/mol. The van der Waals surface area contributed by atoms with Crippen molar-refractivity contribution in [3.05, 3.63) is 24.9 Å². The van der Waals surface area contributed by atoms with Crippen molar-refractivity contribution in [1.82, 2.24) is 4.90 Å². The third-order valence-corrected chi connectivity index (χ3v) is 5.28. The van der Waals surface area contributed by atoms with Crippen LogP contribution in [0.1, 0.15) is 93.9 Å². The molecule has 0 aliphatic rings. The number of allylic oxidation sites excluding steroid dienone is 2. The van der Waals surface area contributed by atoms with Crippen LogP contribution in [0.2, 0.25) is 0 Å². The number of rotatable bonds is 11. The quantitative estimate of drug-likeness (QED) is 0.345. The molecule has 0 N–H and O–H groups in total. The fourth-order valence-corrected chi connectivity index (χ4v) is 3.96. The predicted octanol–water partition coefficient (Wildman–Crippen LogP) is 7.69. The van der Waals surface area contributed by atoms with E-state index >= 15 is 0 Å². The van der Waals surface area contributed by atoms with Crippen molar-refractivity contribution in [2.24, 2.45) is 22.7 Å². The summed E-state index contributed by atoms with van der Waals surface area (Å²) in [6, 6.07) is 0.540. The van der Waals surface area contributed by atoms with Crippen LogP contribution in [-0.2, 0) is 0 Å². The zero-order chi connectivity index (χ0) is 19.8. The molecule has 2 unspecified atom stereocenters. The second kappa shape index (κ2) is 10.4. The van der Waals surface area contributed by atoms with Gasteiger partial charge < -0.3 is 4.90 Å². The lowest BCUT2D eigenvalue weighted by atomic mass is 9.78. The molecule has 0 aromatic heterocycles. The van der Waals surface area contributed by atoms with E-state index in [1.54, 1.807) is 0 Å². The summed E-state index contributed by atoms with van der Waals surface area (Å²) < 4.78 is 0. The Labute approximate surface area is 160 Å². The van der Waals surface area contributed by atoms with Crippen LogP contribution < -0.4 is 0 Å². The molecule has 0 aliphatic heterocycles. The van der Waals surface area contributed by atoms with Gasteiger partial charge in [-0.15, -0.1) is 6.58 Å². The molecule has 148 valence electrons. The van der Waals surface area contributed by atoms with E-state index in [1.165, 1.54) is 37.8 Å². The first-order valence-electron chi connectivity index (χ1n) is 10.4. The molecule has 0 amide bonds. The topological polar surface area (TPSA) is 3.24 Å². The van der Waals surface area contributed by atoms with Gasteiger partial charge in [0.1, 0.15) is 0 Å². The highest BCUT2D eigenvalue weighted by Crippen LogP contribution is 2.36. The summed E-state index contributed by atoms with van der Waals surface area (Å²) in [5.74, 6) is 1.06. The summed E-state index contributed by atoms with van der Waals surface area (Å²) in [6.07, 6.45) is 9.46. The molecular formula is C24H47N. The molecule has 0 saturated carbocycles. The van der Waals surface area contributed by atoms with E-state index in [2.05, 4.69) is 86.6 Å². The van der Waals surface area contributed by atoms with Crippen molar-refractivity contribution in [3.63, 3.8) is 0 Å². The van der Waals surface area contributed by atoms with Crippen molar-refractivity contribution in [1.29, 1.82) is 0 Å². The Balaban J connectivity index is 5.37. The molecule has 0 fully saturated rings. The fourth-order valence-electron chi connectivity index (χ4n) is 3.96. The third-order valence-electron chi connectivity index (χ3n) is 5.28. The molecule has 0 radical (unpaired) electrons. The fraction of sp³-hybridized carbons (Fsp3) is 0.833. The minimum Gasteiger partial charge on any atom is -0.375 e. The molecule has 0 heterocycles. The van der Waals surface area contributed by atoms with Gasteiger partial charge in [-0.25, -0.2) is 0 Å². The maximum atomic E-state index is 4.56. The molecule has 0 aromatic carbocycles. The zero-order valence-electron chi connectivity index (χ0n) is 18.9. The smallest absolute Gasteiger partial charge is 0.0293 e. The second-order valence-electron chi connectivity index (χ2n) is 10.3. The van der Waals surface area contributed by atoms with Gasteiger partial charge in [0.05, 0.1) is 0 Å². The van der Waals surface area contributed by atoms with Gasteiger partial charge >= 0.3 is 0 Å². The molecule has 0 aromatic rings. The first-order chi connectivity index (χ1) is 11.4. The molecule has 1 nitrogen and oxygen atoms in total. The van der Waals surface area contributed by atoms with Crippen LogP contribution >= 0.6 is 0 Å². The van der Waals surface area contributed by atoms with Gasteiger partial charge in [0.25, 0.3) is 0 Å². The third kappa shape index (κ3) is 9.52. The summed E-state index contributed by atoms with van der Waals surface area (Å²) >= 11 is 0. The Morgan fingerprint density at radius 3 is 1.80 bits per heavy atom. The van der Waals surface area contributed by atoms with E-state index in [0.29, 0.717) is 28.7 Å². The Morgan fingerprint density at radius 1 is 1.00 bits per heavy atom. The summed E-state index contributed by atoms with van der Waals surface area (Å²) in [7, 11) is 2.27. The van der Waals surface area contributed by atoms with E-state index < -0.39 is 0 Å². The van der Waals surface area contributed by atoms with Gasteiger partial charge in [-0.05, 0) is 42.4 Å². The minimum atomic E-state index is 0.326. The van der Waals surface area contributed by atoms with Crippen LogP contribution in [0.5, 0.6) is 0 Å². The first-order valence-corrected chi connectivity index (χ1v) is 10.4. The Hall–Kier alpha value is -0.720. The number of nitrogens with zero attached hydrogens (tertiary/aromatic N) is 1. The normalized spacial score (nSPS) is 15.1. The predicted molar refractivity (Wildman–Crippen MR) is 116 cm³/mol. The van der Waals surface area contributed by atoms with Crippen LogP contribution in [0.25, 0.3) is 0 Å². The van der Waals surface area contributed by atoms with Crippen LogP contribution in [0, 0.1) is 22.7 Å². The summed E-state index contributed by atoms with van der Waals surface area (Å²) in [6.45, 7) is 27.4. The van der Waals surface area contributed by atoms with Gasteiger partial charge in [-0.2, -0.15) is 0 Å². The highest BCUT2D eigenvalue weighted by atomic mass is 15.1. The summed E-state index contributed by atoms with van der Waals surface area (Å²) in [4.78, 5) is 2.51. The molecule has 0 aliphatic carbocycles. The second-order valence-corrected chi connectivity index (χ2v) is 10.3. The number of hydrogen-bond donors (Lipinski definition) is 0. The van der Waals surface area contributed by atoms with E-state index in [-0.39, 0.29) is 0 Å². The Bertz CT molecular complexity index is 377. The molecule has 1 heteroatoms. The van der Waals surface area contributed by atoms with E-state index in [0.717, 1.165) is 6.42 Å². The lowest BCUT2D eigenvalue weighted by Crippen LogP contribution is -2.39. The van der Waals surface area contributed by atoms with Gasteiger partial charge in [0.2, 0.25) is 0 Å². The van der Waals surface area contributed by atoms with Crippen LogP contribution in [0.3, 0.4) is 0 Å². The molecule has 0 spiro atoms. The van der Waals surface area contributed by atoms with E-state index in [9.17, 15) is 0 Å². The molecule has 0 rings (SSSR count). The lowest BCUT2D eigenvalue weighted by Gasteiger charge is -2.42. The van der Waals surface area contributed by atoms with Gasteiger partial charge in [-0.3, -0.25) is 0 Å². The highest BCUT2D eigenvalue weighted by molar-refractivity contribution is 5.07. The molecular weight excluding hydrogens is 302 g/mol. The van der Waals surface area contributed by atoms with Crippen molar-refractivity contribution in [2.45, 2.75) is 100.0 Å². The lowest BCUT2D eigenvalue weighted by molar-refractivity contribution is 0.144. The number of hydrogen-bond acceptors (Lipinski definition) is 1. The molecule has 0 saturated heterocycles. The Kier molecular flexibility index (Phi) is 10.1. The molecule has 25 heavy (non-hydrogen) atoms. The maximum absolute atomic E-state index is 4.56. The maximum Gasteiger partial charge on any atom is 0.0293 e. The number of unbranched alkanes of at least 4 members (excludes halogenated alkanes) is 1. The SMILES string of the molecule is C=CC(CCCC)C(CC)C(=C)N(C)C(CC(C)(C)C)CC(C)(C)C. The minimum absolute atomic E-state index is 0.326. The van der Waals surface area contributed by atoms with Gasteiger partial charge in [-0.1, -0.05) is 80.9 Å². The molecule has 2 atom stereocenters. The van der Waals surface area contributed by atoms with Crippen LogP contribution in [-0.4, -0.2) is 18.0 Å². The van der Waals surface area contributed by atoms with E-state index in [1.807, 2.05) is 0 Å². The summed E-state index contributed by atoms with van der Waals surface area (Å²) in [5, 5.41) is 0. The van der Waals surface area contributed by atoms with Crippen molar-refractivity contribution >= 4 is 0 Å². The Morgan fingerprint density at radius 2 is 1.48 bits per heavy atom. The highest BCUT2D eigenvalue weighted by Gasteiger charge is 2.30. The largest absolute Gasteiger partial charge is 0.375 e. The van der Waals surface area contributed by atoms with Gasteiger partial charge in [0, 0.05) is 24.7 Å². The van der Waals surface area contributed by atoms with Gasteiger partial charge in [0.15, 0.2) is 0 Å². The average Bonchev–Trinajstić information content (AvgIpc) is 2.46. The van der Waals surface area contributed by atoms with Crippen LogP contribution in [0.4, 0.5) is 0 Å². The zero-order valence-corrected chi connectivity index (χ0v) is 18.9. The standard InChI is InChI=1S/C24H47N/c1-12-15-16-20(13-2)22(14-3)19(4)25(11)21(17-23(5,6)7)18-24(8,9)10/h13,20-22H,2,4,12,14-18H2,1,3,5-11H3. The van der Waals surface area contributed by atoms with Crippen molar-refractivity contribution in [2.75, 3.05) is 7.05 Å². The van der Waals surface area contributed by atoms with E-state index in [4.69, 9.17) is 0 Å². The van der Waals surface area contributed by atoms with Crippen molar-refractivity contribution in [3.8, 4) is 0 Å². The van der Waals surface area contributed by atoms with Crippen LogP contribution in [0.15, 0.2) is 24.9 Å². The monoisotopic (exact) mass is 349 g/mol. The van der Waals surface area contributed by atoms with Crippen molar-refractivity contribution < 1.29 is 0 Å². The first kappa shape index (κ1) is 24.3.